The molecule has 3 N–H and O–H groups in total. The Balaban J connectivity index is 2.66. The standard InChI is InChI=1S/C69H118O12/c1-4-7-10-13-16-19-22-25-28-30-31-33-35-37-40-43-46-49-52-55-61(70)77-58-60(79-62(71)56-53-50-47-44-41-38-34-27-24-21-18-15-12-9-6-3)59-78-69-67(65(74)64(73)66(81-69)68(75)76)80-63(72)57-54-51-48-45-42-39-36-32-29-26-23-20-17-14-11-8-5-2/h9,12,16,18-19,21,25-29,34,60,64-67,69,73-74H,4-8,10-11,13-15,17,20,22-24,30-33,35-59H2,1-3H3,(H,75,76)/b12-9-,19-16-,21-18-,28-25-,29-26-,34-27-. The highest BCUT2D eigenvalue weighted by atomic mass is 16.7. The van der Waals surface area contributed by atoms with E-state index in [0.717, 1.165) is 116 Å². The quantitative estimate of drug-likeness (QED) is 0.0228. The van der Waals surface area contributed by atoms with E-state index in [0.29, 0.717) is 19.3 Å². The van der Waals surface area contributed by atoms with Gasteiger partial charge in [0.25, 0.3) is 0 Å². The molecule has 1 aliphatic heterocycles. The second-order valence-corrected chi connectivity index (χ2v) is 22.4. The number of carboxylic acid groups (broad SMARTS) is 1. The van der Waals surface area contributed by atoms with Crippen LogP contribution >= 0.6 is 0 Å². The van der Waals surface area contributed by atoms with Crippen LogP contribution in [0.2, 0.25) is 0 Å². The molecule has 12 heteroatoms. The maximum absolute atomic E-state index is 13.2. The van der Waals surface area contributed by atoms with Gasteiger partial charge < -0.3 is 39.0 Å². The first-order valence-corrected chi connectivity index (χ1v) is 32.9. The maximum Gasteiger partial charge on any atom is 0.335 e. The number of esters is 3. The number of carboxylic acids is 1. The lowest BCUT2D eigenvalue weighted by molar-refractivity contribution is -0.301. The van der Waals surface area contributed by atoms with Crippen molar-refractivity contribution in [1.82, 2.24) is 0 Å². The number of allylic oxidation sites excluding steroid dienone is 12. The molecule has 466 valence electrons. The number of hydrogen-bond donors (Lipinski definition) is 3. The largest absolute Gasteiger partial charge is 0.479 e. The van der Waals surface area contributed by atoms with Crippen molar-refractivity contribution in [1.29, 1.82) is 0 Å². The fourth-order valence-electron chi connectivity index (χ4n) is 9.70. The smallest absolute Gasteiger partial charge is 0.335 e. The summed E-state index contributed by atoms with van der Waals surface area (Å²) in [4.78, 5) is 51.3. The zero-order valence-electron chi connectivity index (χ0n) is 51.5. The molecule has 0 aromatic heterocycles. The van der Waals surface area contributed by atoms with Gasteiger partial charge in [0, 0.05) is 19.3 Å². The van der Waals surface area contributed by atoms with Crippen LogP contribution in [0.5, 0.6) is 0 Å². The van der Waals surface area contributed by atoms with Gasteiger partial charge in [-0.25, -0.2) is 4.79 Å². The minimum atomic E-state index is -1.91. The molecule has 1 saturated heterocycles. The van der Waals surface area contributed by atoms with E-state index in [4.69, 9.17) is 23.7 Å². The number of aliphatic hydroxyl groups is 2. The minimum absolute atomic E-state index is 0.0523. The highest BCUT2D eigenvalue weighted by Gasteiger charge is 2.50. The van der Waals surface area contributed by atoms with E-state index in [-0.39, 0.29) is 25.9 Å². The summed E-state index contributed by atoms with van der Waals surface area (Å²) in [5, 5.41) is 31.6. The first kappa shape index (κ1) is 75.2. The highest BCUT2D eigenvalue weighted by molar-refractivity contribution is 5.74. The minimum Gasteiger partial charge on any atom is -0.479 e. The topological polar surface area (TPSA) is 175 Å². The predicted octanol–water partition coefficient (Wildman–Crippen LogP) is 17.7. The maximum atomic E-state index is 13.2. The van der Waals surface area contributed by atoms with Gasteiger partial charge in [0.05, 0.1) is 6.61 Å². The van der Waals surface area contributed by atoms with Crippen molar-refractivity contribution >= 4 is 23.9 Å². The van der Waals surface area contributed by atoms with Gasteiger partial charge in [0.1, 0.15) is 18.8 Å². The molecule has 6 unspecified atom stereocenters. The summed E-state index contributed by atoms with van der Waals surface area (Å²) in [5.74, 6) is -3.14. The SMILES string of the molecule is CC/C=C\C/C=C\C/C=C\CCCCCCCC(=O)OC(COC(=O)CCCCCCCCCCC/C=C\C/C=C\CCCCC)COC1OC(C(=O)O)C(O)C(O)C1OC(=O)CCCCCCCCC/C=C\CCCCCCCC. The van der Waals surface area contributed by atoms with Crippen LogP contribution < -0.4 is 0 Å². The van der Waals surface area contributed by atoms with Crippen molar-refractivity contribution in [3.63, 3.8) is 0 Å². The Morgan fingerprint density at radius 2 is 0.778 bits per heavy atom. The van der Waals surface area contributed by atoms with Gasteiger partial charge >= 0.3 is 23.9 Å². The van der Waals surface area contributed by atoms with E-state index in [1.54, 1.807) is 0 Å². The molecule has 81 heavy (non-hydrogen) atoms. The van der Waals surface area contributed by atoms with Crippen molar-refractivity contribution in [2.24, 2.45) is 0 Å². The van der Waals surface area contributed by atoms with Crippen LogP contribution in [0.4, 0.5) is 0 Å². The molecule has 1 fully saturated rings. The summed E-state index contributed by atoms with van der Waals surface area (Å²) in [6.07, 6.45) is 60.0. The van der Waals surface area contributed by atoms with Gasteiger partial charge in [0.2, 0.25) is 0 Å². The Labute approximate surface area is 493 Å². The van der Waals surface area contributed by atoms with E-state index in [1.165, 1.54) is 116 Å². The van der Waals surface area contributed by atoms with Crippen LogP contribution in [-0.4, -0.2) is 89.2 Å². The van der Waals surface area contributed by atoms with Crippen molar-refractivity contribution in [2.75, 3.05) is 13.2 Å². The molecule has 0 aromatic rings. The van der Waals surface area contributed by atoms with Gasteiger partial charge in [0.15, 0.2) is 24.6 Å². The van der Waals surface area contributed by atoms with E-state index in [9.17, 15) is 34.5 Å². The number of rotatable bonds is 56. The number of carbonyl (C=O) groups is 4. The number of carbonyl (C=O) groups excluding carboxylic acids is 3. The van der Waals surface area contributed by atoms with Crippen LogP contribution in [-0.2, 0) is 42.9 Å². The van der Waals surface area contributed by atoms with Gasteiger partial charge in [-0.05, 0) is 109 Å². The fourth-order valence-corrected chi connectivity index (χ4v) is 9.70. The molecular formula is C69H118O12. The number of aliphatic carboxylic acids is 1. The Kier molecular flexibility index (Phi) is 52.6. The van der Waals surface area contributed by atoms with Crippen LogP contribution in [0, 0.1) is 0 Å². The third-order valence-corrected chi connectivity index (χ3v) is 14.7. The van der Waals surface area contributed by atoms with Crippen molar-refractivity contribution < 1.29 is 58.2 Å². The number of aliphatic hydroxyl groups excluding tert-OH is 2. The van der Waals surface area contributed by atoms with Crippen LogP contribution in [0.3, 0.4) is 0 Å². The molecule has 0 aliphatic carbocycles. The van der Waals surface area contributed by atoms with E-state index in [1.807, 2.05) is 0 Å². The average Bonchev–Trinajstić information content (AvgIpc) is 3.53. The summed E-state index contributed by atoms with van der Waals surface area (Å²) in [6.45, 7) is 5.87. The van der Waals surface area contributed by atoms with Gasteiger partial charge in [-0.3, -0.25) is 14.4 Å². The molecule has 12 nitrogen and oxygen atoms in total. The Morgan fingerprint density at radius 1 is 0.420 bits per heavy atom. The lowest BCUT2D eigenvalue weighted by atomic mass is 9.98. The molecule has 0 spiro atoms. The Morgan fingerprint density at radius 3 is 1.22 bits per heavy atom. The first-order valence-electron chi connectivity index (χ1n) is 32.9. The van der Waals surface area contributed by atoms with E-state index >= 15 is 0 Å². The molecule has 6 atom stereocenters. The van der Waals surface area contributed by atoms with Crippen LogP contribution in [0.15, 0.2) is 72.9 Å². The molecule has 0 amide bonds. The lowest BCUT2D eigenvalue weighted by Gasteiger charge is -2.40. The molecule has 1 aliphatic rings. The van der Waals surface area contributed by atoms with E-state index < -0.39 is 67.3 Å². The second kappa shape index (κ2) is 56.6. The fraction of sp³-hybridized carbons (Fsp3) is 0.768. The second-order valence-electron chi connectivity index (χ2n) is 22.4. The third kappa shape index (κ3) is 46.3. The monoisotopic (exact) mass is 1140 g/mol. The summed E-state index contributed by atoms with van der Waals surface area (Å²) in [5.41, 5.74) is 0. The number of ether oxygens (including phenoxy) is 5. The normalized spacial score (nSPS) is 18.2. The molecule has 0 bridgehead atoms. The Bertz CT molecular complexity index is 1680. The predicted molar refractivity (Wildman–Crippen MR) is 331 cm³/mol. The van der Waals surface area contributed by atoms with Crippen molar-refractivity contribution in [3.05, 3.63) is 72.9 Å². The zero-order valence-corrected chi connectivity index (χ0v) is 51.5. The molecular weight excluding hydrogens is 1020 g/mol. The molecule has 0 radical (unpaired) electrons. The highest BCUT2D eigenvalue weighted by Crippen LogP contribution is 2.27. The van der Waals surface area contributed by atoms with E-state index in [2.05, 4.69) is 93.7 Å². The van der Waals surface area contributed by atoms with Crippen LogP contribution in [0.25, 0.3) is 0 Å². The summed E-state index contributed by atoms with van der Waals surface area (Å²) in [6, 6.07) is 0. The number of unbranched alkanes of at least 4 members (excludes halogenated alkanes) is 30. The molecule has 0 aromatic carbocycles. The average molecular weight is 1140 g/mol. The molecule has 1 rings (SSSR count). The summed E-state index contributed by atoms with van der Waals surface area (Å²) < 4.78 is 28.5. The third-order valence-electron chi connectivity index (χ3n) is 14.7. The lowest BCUT2D eigenvalue weighted by Crippen LogP contribution is -2.61. The van der Waals surface area contributed by atoms with Gasteiger partial charge in [-0.1, -0.05) is 235 Å². The van der Waals surface area contributed by atoms with Crippen molar-refractivity contribution in [2.45, 2.75) is 327 Å². The van der Waals surface area contributed by atoms with Crippen LogP contribution in [0.1, 0.15) is 290 Å². The zero-order chi connectivity index (χ0) is 58.9. The number of hydrogen-bond acceptors (Lipinski definition) is 11. The summed E-state index contributed by atoms with van der Waals surface area (Å²) >= 11 is 0. The Hall–Kier alpha value is -3.84. The summed E-state index contributed by atoms with van der Waals surface area (Å²) in [7, 11) is 0. The molecule has 0 saturated carbocycles. The van der Waals surface area contributed by atoms with Crippen molar-refractivity contribution in [3.8, 4) is 0 Å². The van der Waals surface area contributed by atoms with Gasteiger partial charge in [-0.15, -0.1) is 0 Å². The molecule has 1 heterocycles. The first-order chi connectivity index (χ1) is 39.6. The van der Waals surface area contributed by atoms with Gasteiger partial charge in [-0.2, -0.15) is 0 Å².